The molecular weight excluding hydrogens is 338 g/mol. The fourth-order valence-electron chi connectivity index (χ4n) is 1.81. The number of nitrogens with zero attached hydrogens (tertiary/aromatic N) is 2. The molecule has 1 rings (SSSR count). The van der Waals surface area contributed by atoms with E-state index in [1.54, 1.807) is 0 Å². The van der Waals surface area contributed by atoms with Crippen LogP contribution in [0, 0.1) is 0 Å². The topological polar surface area (TPSA) is 204 Å². The molecule has 0 spiro atoms. The number of hydrogen-bond donors (Lipinski definition) is 7. The lowest BCUT2D eigenvalue weighted by Gasteiger charge is -2.21. The lowest BCUT2D eigenvalue weighted by Crippen LogP contribution is -2.52. The van der Waals surface area contributed by atoms with Crippen molar-refractivity contribution in [2.75, 3.05) is 0 Å². The van der Waals surface area contributed by atoms with Gasteiger partial charge in [0, 0.05) is 0 Å². The maximum absolute atomic E-state index is 11.9. The highest BCUT2D eigenvalue weighted by atomic mass is 16.4. The number of nitrogens with two attached hydrogens (primary N) is 1. The van der Waals surface area contributed by atoms with E-state index in [-0.39, 0.29) is 11.8 Å². The van der Waals surface area contributed by atoms with Crippen molar-refractivity contribution < 1.29 is 34.4 Å². The number of nitrogens with one attached hydrogen (secondary N) is 2. The van der Waals surface area contributed by atoms with Crippen LogP contribution in [0.5, 0.6) is 0 Å². The van der Waals surface area contributed by atoms with Crippen LogP contribution >= 0.6 is 0 Å². The number of carboxylic acid groups (broad SMARTS) is 1. The zero-order valence-electron chi connectivity index (χ0n) is 13.9. The van der Waals surface area contributed by atoms with Crippen LogP contribution in [0.15, 0.2) is 4.42 Å². The average Bonchev–Trinajstić information content (AvgIpc) is 2.97. The molecule has 0 aliphatic heterocycles. The first kappa shape index (κ1) is 20.8. The molecule has 0 fully saturated rings. The fraction of sp³-hybridized carbons (Fsp3) is 0.692. The molecule has 2 amide bonds. The van der Waals surface area contributed by atoms with Crippen LogP contribution in [-0.2, 0) is 4.79 Å². The Morgan fingerprint density at radius 2 is 1.56 bits per heavy atom. The normalized spacial score (nSPS) is 18.5. The first-order valence-corrected chi connectivity index (χ1v) is 7.47. The van der Waals surface area contributed by atoms with Crippen molar-refractivity contribution in [1.82, 2.24) is 20.8 Å². The van der Waals surface area contributed by atoms with E-state index in [0.29, 0.717) is 0 Å². The second-order valence-electron chi connectivity index (χ2n) is 5.64. The highest BCUT2D eigenvalue weighted by Crippen LogP contribution is 2.19. The summed E-state index contributed by atoms with van der Waals surface area (Å²) in [4.78, 5) is 22.9. The molecule has 1 aromatic heterocycles. The Morgan fingerprint density at radius 1 is 1.00 bits per heavy atom. The largest absolute Gasteiger partial charge is 0.480 e. The van der Waals surface area contributed by atoms with Gasteiger partial charge >= 0.3 is 12.0 Å². The summed E-state index contributed by atoms with van der Waals surface area (Å²) in [6.45, 7) is 3.97. The maximum atomic E-state index is 11.9. The van der Waals surface area contributed by atoms with Crippen LogP contribution in [0.1, 0.15) is 44.6 Å². The quantitative estimate of drug-likeness (QED) is 0.271. The molecule has 6 atom stereocenters. The Labute approximate surface area is 143 Å². The number of aliphatic hydroxyl groups excluding tert-OH is 3. The van der Waals surface area contributed by atoms with Gasteiger partial charge in [-0.05, 0) is 20.8 Å². The number of carbonyl (C=O) groups is 2. The molecule has 0 aromatic carbocycles. The molecule has 0 aliphatic rings. The number of rotatable bonds is 8. The third-order valence-corrected chi connectivity index (χ3v) is 3.33. The molecule has 25 heavy (non-hydrogen) atoms. The first-order chi connectivity index (χ1) is 11.5. The monoisotopic (exact) mass is 361 g/mol. The van der Waals surface area contributed by atoms with E-state index >= 15 is 0 Å². The smallest absolute Gasteiger partial charge is 0.328 e. The molecule has 8 N–H and O–H groups in total. The summed E-state index contributed by atoms with van der Waals surface area (Å²) in [7, 11) is 0. The second kappa shape index (κ2) is 8.71. The number of amides is 2. The Morgan fingerprint density at radius 3 is 2.00 bits per heavy atom. The van der Waals surface area contributed by atoms with Crippen molar-refractivity contribution in [3.63, 3.8) is 0 Å². The Balaban J connectivity index is 2.87. The molecule has 1 heterocycles. The summed E-state index contributed by atoms with van der Waals surface area (Å²) in [5.41, 5.74) is 5.66. The third kappa shape index (κ3) is 5.63. The zero-order chi connectivity index (χ0) is 19.3. The third-order valence-electron chi connectivity index (χ3n) is 3.33. The summed E-state index contributed by atoms with van der Waals surface area (Å²) in [6.07, 6.45) is -3.47. The lowest BCUT2D eigenvalue weighted by atomic mass is 10.1. The molecule has 0 aliphatic carbocycles. The van der Waals surface area contributed by atoms with Crippen molar-refractivity contribution in [3.05, 3.63) is 11.8 Å². The average molecular weight is 361 g/mol. The molecule has 142 valence electrons. The fourth-order valence-corrected chi connectivity index (χ4v) is 1.81. The molecule has 0 saturated carbocycles. The second-order valence-corrected chi connectivity index (χ2v) is 5.64. The number of urea groups is 1. The van der Waals surface area contributed by atoms with E-state index in [1.807, 2.05) is 0 Å². The van der Waals surface area contributed by atoms with Crippen LogP contribution in [0.25, 0.3) is 0 Å². The van der Waals surface area contributed by atoms with E-state index in [0.717, 1.165) is 0 Å². The van der Waals surface area contributed by atoms with Gasteiger partial charge in [0.2, 0.25) is 11.8 Å². The van der Waals surface area contributed by atoms with E-state index in [1.165, 1.54) is 20.8 Å². The maximum Gasteiger partial charge on any atom is 0.328 e. The summed E-state index contributed by atoms with van der Waals surface area (Å²) >= 11 is 0. The van der Waals surface area contributed by atoms with Crippen molar-refractivity contribution >= 4 is 12.0 Å². The first-order valence-electron chi connectivity index (χ1n) is 7.47. The lowest BCUT2D eigenvalue weighted by molar-refractivity contribution is -0.141. The minimum Gasteiger partial charge on any atom is -0.480 e. The van der Waals surface area contributed by atoms with Crippen LogP contribution in [0.4, 0.5) is 4.79 Å². The van der Waals surface area contributed by atoms with Crippen LogP contribution < -0.4 is 16.4 Å². The SMILES string of the molecule is CC(O)C(NC(=O)NC(c1nnc(C(N)C(C)O)o1)[C@@H](C)O)C(=O)O. The van der Waals surface area contributed by atoms with Crippen molar-refractivity contribution in [2.45, 2.75) is 57.2 Å². The van der Waals surface area contributed by atoms with Gasteiger partial charge < -0.3 is 41.2 Å². The highest BCUT2D eigenvalue weighted by molar-refractivity contribution is 5.83. The number of aromatic nitrogens is 2. The van der Waals surface area contributed by atoms with Gasteiger partial charge in [0.15, 0.2) is 6.04 Å². The minimum absolute atomic E-state index is 0.0924. The van der Waals surface area contributed by atoms with E-state index in [9.17, 15) is 24.9 Å². The van der Waals surface area contributed by atoms with Gasteiger partial charge in [0.05, 0.1) is 18.3 Å². The Kier molecular flexibility index (Phi) is 7.23. The molecule has 0 saturated heterocycles. The highest BCUT2D eigenvalue weighted by Gasteiger charge is 2.30. The Hall–Kier alpha value is -2.28. The standard InChI is InChI=1S/C13H23N5O7/c1-4(19)7(14)10-17-18-11(25-10)8(5(2)20)15-13(24)16-9(6(3)21)12(22)23/h4-9,19-21H,14H2,1-3H3,(H,22,23)(H2,15,16,24)/t4?,5-,6?,7?,8?,9?/m1/s1. The number of aliphatic carboxylic acids is 1. The number of carboxylic acids is 1. The number of hydrogen-bond acceptors (Lipinski definition) is 9. The molecule has 12 nitrogen and oxygen atoms in total. The number of aliphatic hydroxyl groups is 3. The number of carbonyl (C=O) groups excluding carboxylic acids is 1. The minimum atomic E-state index is -1.54. The molecule has 0 radical (unpaired) electrons. The van der Waals surface area contributed by atoms with Crippen LogP contribution in [0.3, 0.4) is 0 Å². The van der Waals surface area contributed by atoms with Crippen molar-refractivity contribution in [2.24, 2.45) is 5.73 Å². The van der Waals surface area contributed by atoms with Gasteiger partial charge in [-0.15, -0.1) is 10.2 Å². The van der Waals surface area contributed by atoms with Crippen molar-refractivity contribution in [1.29, 1.82) is 0 Å². The van der Waals surface area contributed by atoms with Crippen molar-refractivity contribution in [3.8, 4) is 0 Å². The molecule has 5 unspecified atom stereocenters. The van der Waals surface area contributed by atoms with E-state index < -0.39 is 48.4 Å². The summed E-state index contributed by atoms with van der Waals surface area (Å²) in [5.74, 6) is -1.70. The van der Waals surface area contributed by atoms with Gasteiger partial charge in [0.1, 0.15) is 12.1 Å². The van der Waals surface area contributed by atoms with Gasteiger partial charge in [-0.3, -0.25) is 0 Å². The Bertz CT molecular complexity index is 589. The van der Waals surface area contributed by atoms with Gasteiger partial charge in [-0.1, -0.05) is 0 Å². The summed E-state index contributed by atoms with van der Waals surface area (Å²) in [6, 6.07) is -4.63. The molecular formula is C13H23N5O7. The van der Waals surface area contributed by atoms with Gasteiger partial charge in [-0.2, -0.15) is 0 Å². The molecule has 1 aromatic rings. The predicted molar refractivity (Wildman–Crippen MR) is 82.1 cm³/mol. The molecule has 0 bridgehead atoms. The van der Waals surface area contributed by atoms with E-state index in [4.69, 9.17) is 15.3 Å². The zero-order valence-corrected chi connectivity index (χ0v) is 13.9. The van der Waals surface area contributed by atoms with Crippen LogP contribution in [-0.4, -0.2) is 67.0 Å². The summed E-state index contributed by atoms with van der Waals surface area (Å²) < 4.78 is 5.26. The van der Waals surface area contributed by atoms with Gasteiger partial charge in [-0.25, -0.2) is 9.59 Å². The summed E-state index contributed by atoms with van der Waals surface area (Å²) in [5, 5.41) is 49.2. The van der Waals surface area contributed by atoms with Gasteiger partial charge in [0.25, 0.3) is 0 Å². The molecule has 12 heteroatoms. The predicted octanol–water partition coefficient (Wildman–Crippen LogP) is -1.99. The van der Waals surface area contributed by atoms with Crippen LogP contribution in [0.2, 0.25) is 0 Å². The van der Waals surface area contributed by atoms with E-state index in [2.05, 4.69) is 20.8 Å².